The third-order valence-electron chi connectivity index (χ3n) is 2.08. The predicted molar refractivity (Wildman–Crippen MR) is 66.4 cm³/mol. The standard InChI is InChI=1S/C11H5Cl2F2N3O/c12-6-1-5(14)2-7(15)10(6)18-11(19)8-3-16-4-9(13)17-8/h1-4H,(H,18,19). The summed E-state index contributed by atoms with van der Waals surface area (Å²) in [6.07, 6.45) is 2.39. The van der Waals surface area contributed by atoms with Crippen molar-refractivity contribution in [3.63, 3.8) is 0 Å². The van der Waals surface area contributed by atoms with Gasteiger partial charge in [0.05, 0.1) is 23.1 Å². The van der Waals surface area contributed by atoms with Gasteiger partial charge in [0.25, 0.3) is 5.91 Å². The number of hydrogen-bond acceptors (Lipinski definition) is 3. The molecule has 8 heteroatoms. The smallest absolute Gasteiger partial charge is 0.276 e. The number of nitrogens with one attached hydrogen (secondary N) is 1. The van der Waals surface area contributed by atoms with E-state index in [1.165, 1.54) is 6.20 Å². The molecule has 2 aromatic rings. The highest BCUT2D eigenvalue weighted by Gasteiger charge is 2.15. The van der Waals surface area contributed by atoms with E-state index in [0.29, 0.717) is 6.07 Å². The van der Waals surface area contributed by atoms with E-state index in [4.69, 9.17) is 23.2 Å². The number of carbonyl (C=O) groups excluding carboxylic acids is 1. The van der Waals surface area contributed by atoms with Crippen LogP contribution >= 0.6 is 23.2 Å². The Kier molecular flexibility index (Phi) is 3.92. The summed E-state index contributed by atoms with van der Waals surface area (Å²) in [5, 5.41) is 1.92. The zero-order chi connectivity index (χ0) is 14.0. The third-order valence-corrected chi connectivity index (χ3v) is 2.56. The Morgan fingerprint density at radius 3 is 2.58 bits per heavy atom. The first kappa shape index (κ1) is 13.6. The Hall–Kier alpha value is -1.79. The van der Waals surface area contributed by atoms with Gasteiger partial charge in [0, 0.05) is 6.07 Å². The second-order valence-electron chi connectivity index (χ2n) is 3.43. The first-order valence-corrected chi connectivity index (χ1v) is 5.66. The minimum Gasteiger partial charge on any atom is -0.317 e. The van der Waals surface area contributed by atoms with Gasteiger partial charge in [-0.2, -0.15) is 0 Å². The Morgan fingerprint density at radius 2 is 1.95 bits per heavy atom. The highest BCUT2D eigenvalue weighted by Crippen LogP contribution is 2.26. The molecule has 1 aromatic carbocycles. The molecule has 1 amide bonds. The molecule has 0 radical (unpaired) electrons. The fourth-order valence-corrected chi connectivity index (χ4v) is 1.68. The molecule has 98 valence electrons. The van der Waals surface area contributed by atoms with E-state index in [-0.39, 0.29) is 21.6 Å². The maximum absolute atomic E-state index is 13.5. The van der Waals surface area contributed by atoms with E-state index in [0.717, 1.165) is 12.3 Å². The van der Waals surface area contributed by atoms with Crippen LogP contribution < -0.4 is 5.32 Å². The number of carbonyl (C=O) groups is 1. The average Bonchev–Trinajstić information content (AvgIpc) is 2.33. The van der Waals surface area contributed by atoms with E-state index in [9.17, 15) is 13.6 Å². The van der Waals surface area contributed by atoms with Crippen molar-refractivity contribution >= 4 is 34.8 Å². The molecule has 2 rings (SSSR count). The van der Waals surface area contributed by atoms with Gasteiger partial charge in [0.2, 0.25) is 0 Å². The molecular weight excluding hydrogens is 299 g/mol. The van der Waals surface area contributed by atoms with Crippen LogP contribution in [0.4, 0.5) is 14.5 Å². The van der Waals surface area contributed by atoms with E-state index in [1.54, 1.807) is 0 Å². The summed E-state index contributed by atoms with van der Waals surface area (Å²) in [5.74, 6) is -2.60. The van der Waals surface area contributed by atoms with Gasteiger partial charge < -0.3 is 5.32 Å². The van der Waals surface area contributed by atoms with Gasteiger partial charge in [-0.15, -0.1) is 0 Å². The molecule has 19 heavy (non-hydrogen) atoms. The second kappa shape index (κ2) is 5.46. The molecule has 0 saturated carbocycles. The topological polar surface area (TPSA) is 54.9 Å². The van der Waals surface area contributed by atoms with Crippen LogP contribution in [-0.4, -0.2) is 15.9 Å². The lowest BCUT2D eigenvalue weighted by molar-refractivity contribution is 0.102. The number of nitrogens with zero attached hydrogens (tertiary/aromatic N) is 2. The summed E-state index contributed by atoms with van der Waals surface area (Å²) in [6.45, 7) is 0. The van der Waals surface area contributed by atoms with Crippen molar-refractivity contribution in [2.24, 2.45) is 0 Å². The molecule has 0 bridgehead atoms. The number of amides is 1. The maximum atomic E-state index is 13.5. The molecule has 0 atom stereocenters. The van der Waals surface area contributed by atoms with Crippen LogP contribution in [0.15, 0.2) is 24.5 Å². The highest BCUT2D eigenvalue weighted by atomic mass is 35.5. The number of halogens is 4. The lowest BCUT2D eigenvalue weighted by Gasteiger charge is -2.08. The molecular formula is C11H5Cl2F2N3O. The van der Waals surface area contributed by atoms with Crippen molar-refractivity contribution in [3.05, 3.63) is 52.0 Å². The van der Waals surface area contributed by atoms with E-state index in [1.807, 2.05) is 0 Å². The maximum Gasteiger partial charge on any atom is 0.276 e. The Labute approximate surface area is 116 Å². The average molecular weight is 304 g/mol. The summed E-state index contributed by atoms with van der Waals surface area (Å²) < 4.78 is 26.3. The van der Waals surface area contributed by atoms with Gasteiger partial charge in [-0.25, -0.2) is 13.8 Å². The van der Waals surface area contributed by atoms with Crippen LogP contribution in [0.2, 0.25) is 10.2 Å². The van der Waals surface area contributed by atoms with Gasteiger partial charge in [0.1, 0.15) is 16.7 Å². The number of benzene rings is 1. The molecule has 0 aliphatic rings. The van der Waals surface area contributed by atoms with Crippen LogP contribution in [-0.2, 0) is 0 Å². The minimum atomic E-state index is -0.992. The van der Waals surface area contributed by atoms with Crippen LogP contribution in [0.1, 0.15) is 10.5 Å². The Balaban J connectivity index is 2.29. The van der Waals surface area contributed by atoms with Crippen molar-refractivity contribution in [2.45, 2.75) is 0 Å². The molecule has 0 aliphatic heterocycles. The van der Waals surface area contributed by atoms with Crippen molar-refractivity contribution in [2.75, 3.05) is 5.32 Å². The highest BCUT2D eigenvalue weighted by molar-refractivity contribution is 6.34. The quantitative estimate of drug-likeness (QED) is 0.926. The third kappa shape index (κ3) is 3.15. The lowest BCUT2D eigenvalue weighted by Crippen LogP contribution is -2.15. The van der Waals surface area contributed by atoms with Crippen molar-refractivity contribution < 1.29 is 13.6 Å². The van der Waals surface area contributed by atoms with Crippen LogP contribution in [0.25, 0.3) is 0 Å². The number of anilines is 1. The van der Waals surface area contributed by atoms with E-state index < -0.39 is 17.5 Å². The van der Waals surface area contributed by atoms with Gasteiger partial charge in [-0.05, 0) is 6.07 Å². The SMILES string of the molecule is O=C(Nc1c(F)cc(F)cc1Cl)c1cncc(Cl)n1. The van der Waals surface area contributed by atoms with Crippen LogP contribution in [0.5, 0.6) is 0 Å². The lowest BCUT2D eigenvalue weighted by atomic mass is 10.3. The summed E-state index contributed by atoms with van der Waals surface area (Å²) in [7, 11) is 0. The normalized spacial score (nSPS) is 10.3. The van der Waals surface area contributed by atoms with Gasteiger partial charge in [0.15, 0.2) is 5.82 Å². The van der Waals surface area contributed by atoms with Crippen LogP contribution in [0.3, 0.4) is 0 Å². The van der Waals surface area contributed by atoms with Gasteiger partial charge in [-0.3, -0.25) is 9.78 Å². The Bertz CT molecular complexity index is 629. The van der Waals surface area contributed by atoms with Gasteiger partial charge >= 0.3 is 0 Å². The molecule has 4 nitrogen and oxygen atoms in total. The van der Waals surface area contributed by atoms with E-state index in [2.05, 4.69) is 15.3 Å². The van der Waals surface area contributed by atoms with Crippen molar-refractivity contribution in [3.8, 4) is 0 Å². The molecule has 1 aromatic heterocycles. The fraction of sp³-hybridized carbons (Fsp3) is 0. The molecule has 0 aliphatic carbocycles. The Morgan fingerprint density at radius 1 is 1.21 bits per heavy atom. The van der Waals surface area contributed by atoms with Crippen molar-refractivity contribution in [1.29, 1.82) is 0 Å². The summed E-state index contributed by atoms with van der Waals surface area (Å²) in [4.78, 5) is 19.1. The van der Waals surface area contributed by atoms with Gasteiger partial charge in [-0.1, -0.05) is 23.2 Å². The molecule has 0 saturated heterocycles. The van der Waals surface area contributed by atoms with Crippen molar-refractivity contribution in [1.82, 2.24) is 9.97 Å². The molecule has 1 N–H and O–H groups in total. The zero-order valence-corrected chi connectivity index (χ0v) is 10.6. The monoisotopic (exact) mass is 303 g/mol. The number of rotatable bonds is 2. The largest absolute Gasteiger partial charge is 0.317 e. The van der Waals surface area contributed by atoms with E-state index >= 15 is 0 Å². The first-order valence-electron chi connectivity index (χ1n) is 4.91. The summed E-state index contributed by atoms with van der Waals surface area (Å²) in [6, 6.07) is 1.48. The second-order valence-corrected chi connectivity index (χ2v) is 4.22. The van der Waals surface area contributed by atoms with Crippen LogP contribution in [0, 0.1) is 11.6 Å². The molecule has 0 unspecified atom stereocenters. The first-order chi connectivity index (χ1) is 8.97. The number of hydrogen-bond donors (Lipinski definition) is 1. The summed E-state index contributed by atoms with van der Waals surface area (Å²) >= 11 is 11.2. The predicted octanol–water partition coefficient (Wildman–Crippen LogP) is 3.31. The zero-order valence-electron chi connectivity index (χ0n) is 9.12. The summed E-state index contributed by atoms with van der Waals surface area (Å²) in [5.41, 5.74) is -0.456. The molecule has 0 fully saturated rings. The fourth-order valence-electron chi connectivity index (χ4n) is 1.29. The minimum absolute atomic E-state index is 0.0123. The molecule has 0 spiro atoms. The molecule has 1 heterocycles. The number of aromatic nitrogens is 2.